The molecule has 4 heteroatoms. The van der Waals surface area contributed by atoms with Gasteiger partial charge in [-0.15, -0.1) is 0 Å². The van der Waals surface area contributed by atoms with Crippen LogP contribution in [-0.4, -0.2) is 15.0 Å². The quantitative estimate of drug-likeness (QED) is 0.186. The molecule has 0 aliphatic carbocycles. The topological polar surface area (TPSA) is 51.8 Å². The highest BCUT2D eigenvalue weighted by atomic mass is 16.3. The lowest BCUT2D eigenvalue weighted by Crippen LogP contribution is -2.00. The summed E-state index contributed by atoms with van der Waals surface area (Å²) < 4.78 is 6.76. The Morgan fingerprint density at radius 1 is 0.314 bits per heavy atom. The van der Waals surface area contributed by atoms with E-state index in [2.05, 4.69) is 140 Å². The van der Waals surface area contributed by atoms with Gasteiger partial charge in [0.2, 0.25) is 0 Å². The van der Waals surface area contributed by atoms with Gasteiger partial charge in [-0.05, 0) is 74.6 Å². The molecule has 8 aromatic carbocycles. The first-order valence-electron chi connectivity index (χ1n) is 17.1. The van der Waals surface area contributed by atoms with Gasteiger partial charge >= 0.3 is 0 Å². The third kappa shape index (κ3) is 5.22. The summed E-state index contributed by atoms with van der Waals surface area (Å²) in [5.74, 6) is 1.85. The highest BCUT2D eigenvalue weighted by molar-refractivity contribution is 6.14. The van der Waals surface area contributed by atoms with Gasteiger partial charge in [-0.1, -0.05) is 140 Å². The Hall–Kier alpha value is -6.91. The zero-order chi connectivity index (χ0) is 33.7. The molecule has 0 aliphatic heterocycles. The van der Waals surface area contributed by atoms with E-state index in [1.165, 1.54) is 5.39 Å². The summed E-state index contributed by atoms with van der Waals surface area (Å²) >= 11 is 0. The molecule has 0 saturated carbocycles. The van der Waals surface area contributed by atoms with Gasteiger partial charge < -0.3 is 4.42 Å². The fraction of sp³-hybridized carbons (Fsp3) is 0. The van der Waals surface area contributed by atoms with E-state index < -0.39 is 0 Å². The predicted molar refractivity (Wildman–Crippen MR) is 209 cm³/mol. The van der Waals surface area contributed by atoms with E-state index in [1.54, 1.807) is 0 Å². The molecule has 10 rings (SSSR count). The number of furan rings is 1. The lowest BCUT2D eigenvalue weighted by atomic mass is 9.95. The summed E-state index contributed by atoms with van der Waals surface area (Å²) in [5.41, 5.74) is 8.77. The van der Waals surface area contributed by atoms with Gasteiger partial charge in [0.25, 0.3) is 0 Å². The van der Waals surface area contributed by atoms with Crippen LogP contribution in [0.2, 0.25) is 0 Å². The Balaban J connectivity index is 1.24. The number of hydrogen-bond donors (Lipinski definition) is 0. The maximum atomic E-state index is 6.76. The van der Waals surface area contributed by atoms with Crippen molar-refractivity contribution in [2.24, 2.45) is 0 Å². The van der Waals surface area contributed by atoms with Gasteiger partial charge in [-0.3, -0.25) is 0 Å². The first kappa shape index (κ1) is 29.0. The third-order valence-electron chi connectivity index (χ3n) is 9.65. The number of aromatic nitrogens is 3. The molecule has 0 amide bonds. The molecule has 2 heterocycles. The van der Waals surface area contributed by atoms with Crippen molar-refractivity contribution >= 4 is 43.5 Å². The normalized spacial score (nSPS) is 11.5. The van der Waals surface area contributed by atoms with Crippen LogP contribution in [0.1, 0.15) is 0 Å². The second-order valence-electron chi connectivity index (χ2n) is 12.9. The van der Waals surface area contributed by atoms with Crippen molar-refractivity contribution in [1.29, 1.82) is 0 Å². The zero-order valence-corrected chi connectivity index (χ0v) is 27.5. The molecule has 0 N–H and O–H groups in total. The van der Waals surface area contributed by atoms with E-state index in [9.17, 15) is 0 Å². The lowest BCUT2D eigenvalue weighted by molar-refractivity contribution is 0.670. The number of nitrogens with zero attached hydrogens (tertiary/aromatic N) is 3. The monoisotopic (exact) mass is 651 g/mol. The molecular formula is C47H29N3O. The lowest BCUT2D eigenvalue weighted by Gasteiger charge is -2.11. The van der Waals surface area contributed by atoms with Crippen LogP contribution in [0.15, 0.2) is 180 Å². The van der Waals surface area contributed by atoms with Crippen LogP contribution in [0, 0.1) is 0 Å². The predicted octanol–water partition coefficient (Wildman–Crippen LogP) is 12.4. The average Bonchev–Trinajstić information content (AvgIpc) is 3.57. The van der Waals surface area contributed by atoms with E-state index in [-0.39, 0.29) is 0 Å². The van der Waals surface area contributed by atoms with E-state index in [4.69, 9.17) is 19.4 Å². The van der Waals surface area contributed by atoms with Crippen LogP contribution in [0.25, 0.3) is 99.9 Å². The molecule has 0 aliphatic rings. The SMILES string of the molecule is c1ccc(-c2cccc(-c3cc(-c4nc(-c5ccccc5)nc(-c5ccc6ccccc6c5)n4)cc4c3oc3cc5ccccc5cc34)c2)cc1. The van der Waals surface area contributed by atoms with Crippen LogP contribution >= 0.6 is 0 Å². The summed E-state index contributed by atoms with van der Waals surface area (Å²) in [6.07, 6.45) is 0. The number of hydrogen-bond acceptors (Lipinski definition) is 4. The van der Waals surface area contributed by atoms with Crippen molar-refractivity contribution in [3.8, 4) is 56.4 Å². The van der Waals surface area contributed by atoms with Crippen LogP contribution < -0.4 is 0 Å². The molecule has 0 fully saturated rings. The van der Waals surface area contributed by atoms with E-state index in [0.29, 0.717) is 17.5 Å². The number of benzene rings is 8. The molecule has 0 atom stereocenters. The summed E-state index contributed by atoms with van der Waals surface area (Å²) in [4.78, 5) is 15.3. The van der Waals surface area contributed by atoms with Gasteiger partial charge in [0.05, 0.1) is 0 Å². The molecule has 0 radical (unpaired) electrons. The van der Waals surface area contributed by atoms with E-state index in [1.807, 2.05) is 36.4 Å². The second-order valence-corrected chi connectivity index (χ2v) is 12.9. The first-order chi connectivity index (χ1) is 25.2. The van der Waals surface area contributed by atoms with Crippen LogP contribution in [0.3, 0.4) is 0 Å². The van der Waals surface area contributed by atoms with Crippen LogP contribution in [0.5, 0.6) is 0 Å². The minimum atomic E-state index is 0.601. The molecule has 10 aromatic rings. The van der Waals surface area contributed by atoms with Gasteiger partial charge in [0.1, 0.15) is 11.2 Å². The Bertz CT molecular complexity index is 2910. The zero-order valence-electron chi connectivity index (χ0n) is 27.5. The standard InChI is InChI=1S/C47H29N3O/c1-3-12-30(13-4-1)34-20-11-21-37(24-34)40-27-39(28-42-41-26-35-18-9-10-19-36(35)29-43(41)51-44(40)42)47-49-45(32-15-5-2-6-16-32)48-46(50-47)38-23-22-31-14-7-8-17-33(31)25-38/h1-29H. The molecule has 0 bridgehead atoms. The van der Waals surface area contributed by atoms with Crippen molar-refractivity contribution in [3.63, 3.8) is 0 Å². The van der Waals surface area contributed by atoms with E-state index in [0.717, 1.165) is 77.0 Å². The summed E-state index contributed by atoms with van der Waals surface area (Å²) in [7, 11) is 0. The van der Waals surface area contributed by atoms with Crippen molar-refractivity contribution < 1.29 is 4.42 Å². The van der Waals surface area contributed by atoms with Crippen molar-refractivity contribution in [2.45, 2.75) is 0 Å². The first-order valence-corrected chi connectivity index (χ1v) is 17.1. The minimum absolute atomic E-state index is 0.601. The average molecular weight is 652 g/mol. The molecule has 0 unspecified atom stereocenters. The second kappa shape index (κ2) is 11.9. The summed E-state index contributed by atoms with van der Waals surface area (Å²) in [5, 5.41) is 6.68. The van der Waals surface area contributed by atoms with Gasteiger partial charge in [0, 0.05) is 33.0 Å². The molecule has 51 heavy (non-hydrogen) atoms. The Morgan fingerprint density at radius 2 is 0.882 bits per heavy atom. The van der Waals surface area contributed by atoms with Crippen molar-refractivity contribution in [2.75, 3.05) is 0 Å². The molecule has 238 valence electrons. The summed E-state index contributed by atoms with van der Waals surface area (Å²) in [6.45, 7) is 0. The third-order valence-corrected chi connectivity index (χ3v) is 9.65. The maximum absolute atomic E-state index is 6.76. The van der Waals surface area contributed by atoms with Crippen molar-refractivity contribution in [3.05, 3.63) is 176 Å². The smallest absolute Gasteiger partial charge is 0.164 e. The number of rotatable bonds is 5. The Kier molecular flexibility index (Phi) is 6.78. The number of fused-ring (bicyclic) bond motifs is 5. The molecule has 4 nitrogen and oxygen atoms in total. The molecule has 2 aromatic heterocycles. The van der Waals surface area contributed by atoms with Gasteiger partial charge in [0.15, 0.2) is 17.5 Å². The minimum Gasteiger partial charge on any atom is -0.455 e. The highest BCUT2D eigenvalue weighted by Crippen LogP contribution is 2.41. The van der Waals surface area contributed by atoms with Gasteiger partial charge in [-0.2, -0.15) is 0 Å². The fourth-order valence-electron chi connectivity index (χ4n) is 7.08. The van der Waals surface area contributed by atoms with Gasteiger partial charge in [-0.25, -0.2) is 15.0 Å². The molecular weight excluding hydrogens is 623 g/mol. The maximum Gasteiger partial charge on any atom is 0.164 e. The van der Waals surface area contributed by atoms with E-state index >= 15 is 0 Å². The highest BCUT2D eigenvalue weighted by Gasteiger charge is 2.19. The van der Waals surface area contributed by atoms with Crippen molar-refractivity contribution in [1.82, 2.24) is 15.0 Å². The largest absolute Gasteiger partial charge is 0.455 e. The molecule has 0 saturated heterocycles. The van der Waals surface area contributed by atoms with Crippen LogP contribution in [-0.2, 0) is 0 Å². The Labute approximate surface area is 294 Å². The fourth-order valence-corrected chi connectivity index (χ4v) is 7.08. The Morgan fingerprint density at radius 3 is 1.63 bits per heavy atom. The van der Waals surface area contributed by atoms with Crippen LogP contribution in [0.4, 0.5) is 0 Å². The summed E-state index contributed by atoms with van der Waals surface area (Å²) in [6, 6.07) is 61.1. The molecule has 0 spiro atoms.